The van der Waals surface area contributed by atoms with Crippen LogP contribution in [0.15, 0.2) is 12.4 Å². The van der Waals surface area contributed by atoms with E-state index in [-0.39, 0.29) is 0 Å². The summed E-state index contributed by atoms with van der Waals surface area (Å²) in [6.07, 6.45) is 9.86. The number of nitrogens with one attached hydrogen (secondary N) is 2. The molecule has 1 aromatic rings. The Labute approximate surface area is 116 Å². The predicted molar refractivity (Wildman–Crippen MR) is 80.5 cm³/mol. The molecule has 0 radical (unpaired) electrons. The molecule has 2 N–H and O–H groups in total. The average Bonchev–Trinajstić information content (AvgIpc) is 2.39. The molecule has 0 bridgehead atoms. The molecule has 1 aromatic heterocycles. The van der Waals surface area contributed by atoms with Crippen LogP contribution in [-0.4, -0.2) is 22.6 Å². The zero-order chi connectivity index (χ0) is 13.7. The van der Waals surface area contributed by atoms with Crippen molar-refractivity contribution in [1.29, 1.82) is 0 Å². The summed E-state index contributed by atoms with van der Waals surface area (Å²) in [5.74, 6) is 1.75. The normalized spacial score (nSPS) is 21.9. The molecule has 4 nitrogen and oxygen atoms in total. The van der Waals surface area contributed by atoms with Gasteiger partial charge in [0.15, 0.2) is 0 Å². The monoisotopic (exact) mass is 262 g/mol. The second-order valence-corrected chi connectivity index (χ2v) is 6.15. The number of rotatable bonds is 5. The lowest BCUT2D eigenvalue weighted by atomic mass is 9.73. The first kappa shape index (κ1) is 14.1. The van der Waals surface area contributed by atoms with Crippen molar-refractivity contribution in [1.82, 2.24) is 9.97 Å². The molecule has 0 aromatic carbocycles. The zero-order valence-electron chi connectivity index (χ0n) is 12.4. The molecule has 0 amide bonds. The highest BCUT2D eigenvalue weighted by atomic mass is 15.1. The fourth-order valence-electron chi connectivity index (χ4n) is 2.71. The molecule has 0 aliphatic heterocycles. The highest BCUT2D eigenvalue weighted by molar-refractivity contribution is 5.42. The lowest BCUT2D eigenvalue weighted by molar-refractivity contribution is 0.216. The summed E-state index contributed by atoms with van der Waals surface area (Å²) in [5.41, 5.74) is 0.340. The zero-order valence-corrected chi connectivity index (χ0v) is 12.4. The standard InChI is InChI=1S/C15H26N4/c1-4-9-17-13-10-16-11-14(19-13)18-12-7-5-6-8-15(12,2)3/h10-12H,4-9H2,1-3H3,(H2,17,18,19). The Balaban J connectivity index is 2.01. The van der Waals surface area contributed by atoms with Gasteiger partial charge in [-0.1, -0.05) is 33.6 Å². The molecular weight excluding hydrogens is 236 g/mol. The van der Waals surface area contributed by atoms with E-state index in [0.29, 0.717) is 11.5 Å². The summed E-state index contributed by atoms with van der Waals surface area (Å²) in [4.78, 5) is 8.85. The second-order valence-electron chi connectivity index (χ2n) is 6.15. The first-order chi connectivity index (χ1) is 9.12. The van der Waals surface area contributed by atoms with Crippen molar-refractivity contribution in [3.8, 4) is 0 Å². The van der Waals surface area contributed by atoms with Crippen LogP contribution < -0.4 is 10.6 Å². The van der Waals surface area contributed by atoms with Gasteiger partial charge in [0.1, 0.15) is 11.6 Å². The minimum Gasteiger partial charge on any atom is -0.369 e. The van der Waals surface area contributed by atoms with E-state index < -0.39 is 0 Å². The first-order valence-corrected chi connectivity index (χ1v) is 7.44. The Bertz CT molecular complexity index is 403. The van der Waals surface area contributed by atoms with E-state index in [1.807, 2.05) is 6.20 Å². The van der Waals surface area contributed by atoms with Crippen LogP contribution in [0, 0.1) is 5.41 Å². The van der Waals surface area contributed by atoms with Crippen LogP contribution in [0.3, 0.4) is 0 Å². The van der Waals surface area contributed by atoms with Crippen molar-refractivity contribution in [2.45, 2.75) is 58.9 Å². The van der Waals surface area contributed by atoms with Crippen LogP contribution in [0.25, 0.3) is 0 Å². The number of hydrogen-bond acceptors (Lipinski definition) is 4. The molecule has 1 aliphatic carbocycles. The smallest absolute Gasteiger partial charge is 0.147 e. The van der Waals surface area contributed by atoms with E-state index in [2.05, 4.69) is 41.4 Å². The number of anilines is 2. The number of nitrogens with zero attached hydrogens (tertiary/aromatic N) is 2. The fraction of sp³-hybridized carbons (Fsp3) is 0.733. The van der Waals surface area contributed by atoms with E-state index in [4.69, 9.17) is 0 Å². The molecule has 19 heavy (non-hydrogen) atoms. The Kier molecular flexibility index (Phi) is 4.61. The van der Waals surface area contributed by atoms with Gasteiger partial charge in [-0.25, -0.2) is 4.98 Å². The van der Waals surface area contributed by atoms with Crippen molar-refractivity contribution in [3.05, 3.63) is 12.4 Å². The third-order valence-electron chi connectivity index (χ3n) is 4.02. The molecule has 0 spiro atoms. The average molecular weight is 262 g/mol. The molecule has 2 rings (SSSR count). The minimum atomic E-state index is 0.340. The van der Waals surface area contributed by atoms with Crippen LogP contribution in [0.2, 0.25) is 0 Å². The molecule has 0 saturated heterocycles. The molecule has 1 saturated carbocycles. The van der Waals surface area contributed by atoms with Crippen molar-refractivity contribution in [3.63, 3.8) is 0 Å². The van der Waals surface area contributed by atoms with Gasteiger partial charge in [0.05, 0.1) is 12.4 Å². The molecule has 4 heteroatoms. The summed E-state index contributed by atoms with van der Waals surface area (Å²) in [7, 11) is 0. The summed E-state index contributed by atoms with van der Waals surface area (Å²) >= 11 is 0. The van der Waals surface area contributed by atoms with Gasteiger partial charge in [-0.3, -0.25) is 4.98 Å². The van der Waals surface area contributed by atoms with Gasteiger partial charge in [0.25, 0.3) is 0 Å². The maximum atomic E-state index is 4.59. The van der Waals surface area contributed by atoms with E-state index in [9.17, 15) is 0 Å². The van der Waals surface area contributed by atoms with E-state index in [1.54, 1.807) is 6.20 Å². The van der Waals surface area contributed by atoms with Crippen LogP contribution >= 0.6 is 0 Å². The highest BCUT2D eigenvalue weighted by Gasteiger charge is 2.32. The van der Waals surface area contributed by atoms with Crippen LogP contribution in [0.5, 0.6) is 0 Å². The molecule has 1 aliphatic rings. The van der Waals surface area contributed by atoms with Gasteiger partial charge in [-0.05, 0) is 24.7 Å². The van der Waals surface area contributed by atoms with Crippen LogP contribution in [-0.2, 0) is 0 Å². The summed E-state index contributed by atoms with van der Waals surface area (Å²) in [6.45, 7) is 7.77. The number of aromatic nitrogens is 2. The van der Waals surface area contributed by atoms with Gasteiger partial charge in [-0.15, -0.1) is 0 Å². The second kappa shape index (κ2) is 6.22. The van der Waals surface area contributed by atoms with E-state index in [0.717, 1.165) is 24.6 Å². The Morgan fingerprint density at radius 1 is 1.26 bits per heavy atom. The van der Waals surface area contributed by atoms with E-state index in [1.165, 1.54) is 25.7 Å². The quantitative estimate of drug-likeness (QED) is 0.850. The van der Waals surface area contributed by atoms with Crippen molar-refractivity contribution >= 4 is 11.6 Å². The molecule has 1 heterocycles. The SMILES string of the molecule is CCCNc1cncc(NC2CCCCC2(C)C)n1. The largest absolute Gasteiger partial charge is 0.369 e. The van der Waals surface area contributed by atoms with Crippen molar-refractivity contribution in [2.75, 3.05) is 17.2 Å². The van der Waals surface area contributed by atoms with Crippen molar-refractivity contribution in [2.24, 2.45) is 5.41 Å². The van der Waals surface area contributed by atoms with Crippen LogP contribution in [0.1, 0.15) is 52.9 Å². The molecule has 1 atom stereocenters. The van der Waals surface area contributed by atoms with Crippen LogP contribution in [0.4, 0.5) is 11.6 Å². The van der Waals surface area contributed by atoms with Gasteiger partial charge in [0, 0.05) is 12.6 Å². The van der Waals surface area contributed by atoms with E-state index >= 15 is 0 Å². The van der Waals surface area contributed by atoms with Crippen molar-refractivity contribution < 1.29 is 0 Å². The summed E-state index contributed by atoms with van der Waals surface area (Å²) < 4.78 is 0. The third-order valence-corrected chi connectivity index (χ3v) is 4.02. The third kappa shape index (κ3) is 3.82. The summed E-state index contributed by atoms with van der Waals surface area (Å²) in [6, 6.07) is 0.497. The minimum absolute atomic E-state index is 0.340. The Morgan fingerprint density at radius 3 is 2.79 bits per heavy atom. The van der Waals surface area contributed by atoms with Gasteiger partial charge >= 0.3 is 0 Å². The van der Waals surface area contributed by atoms with Gasteiger partial charge < -0.3 is 10.6 Å². The molecular formula is C15H26N4. The summed E-state index contributed by atoms with van der Waals surface area (Å²) in [5, 5.41) is 6.85. The number of hydrogen-bond donors (Lipinski definition) is 2. The predicted octanol–water partition coefficient (Wildman–Crippen LogP) is 3.68. The maximum absolute atomic E-state index is 4.59. The lowest BCUT2D eigenvalue weighted by Gasteiger charge is -2.39. The maximum Gasteiger partial charge on any atom is 0.147 e. The lowest BCUT2D eigenvalue weighted by Crippen LogP contribution is -2.39. The molecule has 106 valence electrons. The Morgan fingerprint density at radius 2 is 2.05 bits per heavy atom. The molecule has 1 unspecified atom stereocenters. The first-order valence-electron chi connectivity index (χ1n) is 7.44. The van der Waals surface area contributed by atoms with Gasteiger partial charge in [-0.2, -0.15) is 0 Å². The highest BCUT2D eigenvalue weighted by Crippen LogP contribution is 2.36. The fourth-order valence-corrected chi connectivity index (χ4v) is 2.71. The van der Waals surface area contributed by atoms with Gasteiger partial charge in [0.2, 0.25) is 0 Å². The topological polar surface area (TPSA) is 49.8 Å². The molecule has 1 fully saturated rings. The Hall–Kier alpha value is -1.32.